The maximum Gasteiger partial charge on any atom is 0.245 e. The smallest absolute Gasteiger partial charge is 0.245 e. The zero-order valence-corrected chi connectivity index (χ0v) is 16.4. The van der Waals surface area contributed by atoms with Gasteiger partial charge in [-0.05, 0) is 23.3 Å². The quantitative estimate of drug-likeness (QED) is 0.857. The second-order valence-corrected chi connectivity index (χ2v) is 8.72. The number of rotatable bonds is 5. The molecular formula is C20H23N3O3S. The van der Waals surface area contributed by atoms with Crippen molar-refractivity contribution in [1.82, 2.24) is 5.01 Å². The van der Waals surface area contributed by atoms with Crippen molar-refractivity contribution in [2.45, 2.75) is 26.3 Å². The van der Waals surface area contributed by atoms with Gasteiger partial charge in [-0.2, -0.15) is 5.10 Å². The second-order valence-electron chi connectivity index (χ2n) is 6.97. The molecule has 1 N–H and O–H groups in total. The maximum atomic E-state index is 12.7. The standard InChI is InChI=1S/C20H23N3O3S/c1-14(2)20(24)23-19(15-8-5-4-6-9-15)13-18(21-23)16-10-7-11-17(12-16)22-27(3,25)26/h4-12,14,19,22H,13H2,1-3H3/t19-/m0/s1. The van der Waals surface area contributed by atoms with E-state index >= 15 is 0 Å². The summed E-state index contributed by atoms with van der Waals surface area (Å²) in [6, 6.07) is 16.7. The Morgan fingerprint density at radius 1 is 1.15 bits per heavy atom. The molecule has 0 aromatic heterocycles. The van der Waals surface area contributed by atoms with Crippen molar-refractivity contribution in [2.24, 2.45) is 11.0 Å². The highest BCUT2D eigenvalue weighted by Crippen LogP contribution is 2.34. The molecule has 0 bridgehead atoms. The molecule has 1 heterocycles. The van der Waals surface area contributed by atoms with Crippen LogP contribution in [0.15, 0.2) is 59.7 Å². The number of carbonyl (C=O) groups is 1. The summed E-state index contributed by atoms with van der Waals surface area (Å²) in [5, 5.41) is 6.16. The predicted molar refractivity (Wildman–Crippen MR) is 107 cm³/mol. The largest absolute Gasteiger partial charge is 0.284 e. The highest BCUT2D eigenvalue weighted by molar-refractivity contribution is 7.92. The number of carbonyl (C=O) groups excluding carboxylic acids is 1. The highest BCUT2D eigenvalue weighted by Gasteiger charge is 2.34. The van der Waals surface area contributed by atoms with E-state index in [1.54, 1.807) is 23.2 Å². The molecule has 0 saturated heterocycles. The Bertz CT molecular complexity index is 969. The van der Waals surface area contributed by atoms with Crippen LogP contribution in [0.1, 0.15) is 37.4 Å². The molecule has 6 nitrogen and oxygen atoms in total. The molecule has 1 amide bonds. The number of anilines is 1. The van der Waals surface area contributed by atoms with Crippen LogP contribution < -0.4 is 4.72 Å². The normalized spacial score (nSPS) is 17.1. The van der Waals surface area contributed by atoms with Crippen LogP contribution in [0.2, 0.25) is 0 Å². The van der Waals surface area contributed by atoms with E-state index in [9.17, 15) is 13.2 Å². The third-order valence-electron chi connectivity index (χ3n) is 4.31. The summed E-state index contributed by atoms with van der Waals surface area (Å²) in [5.74, 6) is -0.207. The van der Waals surface area contributed by atoms with Gasteiger partial charge in [0.1, 0.15) is 0 Å². The van der Waals surface area contributed by atoms with Gasteiger partial charge in [-0.1, -0.05) is 56.3 Å². The van der Waals surface area contributed by atoms with E-state index in [0.717, 1.165) is 23.1 Å². The number of benzene rings is 2. The molecule has 0 saturated carbocycles. The van der Waals surface area contributed by atoms with E-state index in [2.05, 4.69) is 9.82 Å². The fourth-order valence-electron chi connectivity index (χ4n) is 3.06. The van der Waals surface area contributed by atoms with E-state index in [-0.39, 0.29) is 17.9 Å². The number of sulfonamides is 1. The lowest BCUT2D eigenvalue weighted by Gasteiger charge is -2.23. The Hall–Kier alpha value is -2.67. The number of hydrazone groups is 1. The molecule has 27 heavy (non-hydrogen) atoms. The van der Waals surface area contributed by atoms with E-state index < -0.39 is 10.0 Å². The maximum absolute atomic E-state index is 12.7. The van der Waals surface area contributed by atoms with Crippen LogP contribution >= 0.6 is 0 Å². The average Bonchev–Trinajstić information content (AvgIpc) is 3.06. The molecule has 3 rings (SSSR count). The lowest BCUT2D eigenvalue weighted by molar-refractivity contribution is -0.136. The molecule has 1 aliphatic rings. The van der Waals surface area contributed by atoms with Crippen molar-refractivity contribution < 1.29 is 13.2 Å². The molecule has 142 valence electrons. The lowest BCUT2D eigenvalue weighted by Crippen LogP contribution is -2.30. The van der Waals surface area contributed by atoms with E-state index in [1.165, 1.54) is 0 Å². The van der Waals surface area contributed by atoms with E-state index in [1.807, 2.05) is 50.2 Å². The zero-order chi connectivity index (χ0) is 19.6. The first-order valence-electron chi connectivity index (χ1n) is 8.78. The van der Waals surface area contributed by atoms with Crippen LogP contribution in [-0.4, -0.2) is 31.3 Å². The minimum Gasteiger partial charge on any atom is -0.284 e. The van der Waals surface area contributed by atoms with Crippen LogP contribution in [0.25, 0.3) is 0 Å². The van der Waals surface area contributed by atoms with Crippen molar-refractivity contribution in [3.8, 4) is 0 Å². The summed E-state index contributed by atoms with van der Waals surface area (Å²) in [7, 11) is -3.36. The number of nitrogens with zero attached hydrogens (tertiary/aromatic N) is 2. The molecule has 1 aliphatic heterocycles. The average molecular weight is 385 g/mol. The second kappa shape index (κ2) is 7.52. The fourth-order valence-corrected chi connectivity index (χ4v) is 3.62. The van der Waals surface area contributed by atoms with Gasteiger partial charge in [0.05, 0.1) is 18.0 Å². The Balaban J connectivity index is 1.95. The summed E-state index contributed by atoms with van der Waals surface area (Å²) in [6.07, 6.45) is 1.69. The summed E-state index contributed by atoms with van der Waals surface area (Å²) < 4.78 is 25.5. The van der Waals surface area contributed by atoms with Gasteiger partial charge in [-0.3, -0.25) is 9.52 Å². The van der Waals surface area contributed by atoms with Gasteiger partial charge in [-0.25, -0.2) is 13.4 Å². The SMILES string of the molecule is CC(C)C(=O)N1N=C(c2cccc(NS(C)(=O)=O)c2)C[C@H]1c1ccccc1. The molecule has 0 radical (unpaired) electrons. The summed E-state index contributed by atoms with van der Waals surface area (Å²) in [4.78, 5) is 12.7. The van der Waals surface area contributed by atoms with Gasteiger partial charge in [0, 0.05) is 18.0 Å². The zero-order valence-electron chi connectivity index (χ0n) is 15.6. The first-order chi connectivity index (χ1) is 12.7. The van der Waals surface area contributed by atoms with Crippen molar-refractivity contribution >= 4 is 27.3 Å². The first-order valence-corrected chi connectivity index (χ1v) is 10.7. The van der Waals surface area contributed by atoms with Crippen LogP contribution in [0.4, 0.5) is 5.69 Å². The predicted octanol–water partition coefficient (Wildman–Crippen LogP) is 3.39. The molecular weight excluding hydrogens is 362 g/mol. The molecule has 0 spiro atoms. The lowest BCUT2D eigenvalue weighted by atomic mass is 9.98. The summed E-state index contributed by atoms with van der Waals surface area (Å²) >= 11 is 0. The van der Waals surface area contributed by atoms with E-state index in [4.69, 9.17) is 0 Å². The van der Waals surface area contributed by atoms with Crippen LogP contribution in [0.5, 0.6) is 0 Å². The molecule has 0 fully saturated rings. The van der Waals surface area contributed by atoms with Crippen LogP contribution in [-0.2, 0) is 14.8 Å². The van der Waals surface area contributed by atoms with Gasteiger partial charge in [-0.15, -0.1) is 0 Å². The minimum atomic E-state index is -3.36. The third-order valence-corrected chi connectivity index (χ3v) is 4.92. The molecule has 0 aliphatic carbocycles. The Kier molecular flexibility index (Phi) is 5.32. The van der Waals surface area contributed by atoms with Crippen LogP contribution in [0, 0.1) is 5.92 Å². The molecule has 1 atom stereocenters. The van der Waals surface area contributed by atoms with Crippen molar-refractivity contribution in [2.75, 3.05) is 11.0 Å². The number of nitrogens with one attached hydrogen (secondary N) is 1. The van der Waals surface area contributed by atoms with Gasteiger partial charge >= 0.3 is 0 Å². The van der Waals surface area contributed by atoms with Crippen molar-refractivity contribution in [3.63, 3.8) is 0 Å². The Labute approximate surface area is 159 Å². The van der Waals surface area contributed by atoms with Gasteiger partial charge in [0.15, 0.2) is 0 Å². The van der Waals surface area contributed by atoms with E-state index in [0.29, 0.717) is 12.1 Å². The van der Waals surface area contributed by atoms with Crippen LogP contribution in [0.3, 0.4) is 0 Å². The molecule has 2 aromatic rings. The van der Waals surface area contributed by atoms with Gasteiger partial charge in [0.2, 0.25) is 15.9 Å². The number of hydrogen-bond acceptors (Lipinski definition) is 4. The van der Waals surface area contributed by atoms with Crippen molar-refractivity contribution in [1.29, 1.82) is 0 Å². The highest BCUT2D eigenvalue weighted by atomic mass is 32.2. The fraction of sp³-hybridized carbons (Fsp3) is 0.300. The third kappa shape index (κ3) is 4.54. The van der Waals surface area contributed by atoms with Gasteiger partial charge in [0.25, 0.3) is 0 Å². The monoisotopic (exact) mass is 385 g/mol. The number of amides is 1. The van der Waals surface area contributed by atoms with Crippen molar-refractivity contribution in [3.05, 3.63) is 65.7 Å². The molecule has 7 heteroatoms. The Morgan fingerprint density at radius 3 is 2.48 bits per heavy atom. The molecule has 0 unspecified atom stereocenters. The summed E-state index contributed by atoms with van der Waals surface area (Å²) in [6.45, 7) is 3.71. The van der Waals surface area contributed by atoms with Gasteiger partial charge < -0.3 is 0 Å². The number of hydrogen-bond donors (Lipinski definition) is 1. The minimum absolute atomic E-state index is 0.0377. The topological polar surface area (TPSA) is 78.8 Å². The Morgan fingerprint density at radius 2 is 1.85 bits per heavy atom. The first kappa shape index (κ1) is 19.1. The summed E-state index contributed by atoms with van der Waals surface area (Å²) in [5.41, 5.74) is 3.05. The molecule has 2 aromatic carbocycles.